The van der Waals surface area contributed by atoms with E-state index in [1.165, 1.54) is 11.1 Å². The molecule has 0 aromatic heterocycles. The van der Waals surface area contributed by atoms with Gasteiger partial charge in [0.05, 0.1) is 10.5 Å². The van der Waals surface area contributed by atoms with Gasteiger partial charge in [0.15, 0.2) is 0 Å². The summed E-state index contributed by atoms with van der Waals surface area (Å²) in [6, 6.07) is 20.7. The van der Waals surface area contributed by atoms with Crippen LogP contribution in [0.2, 0.25) is 0 Å². The molecule has 0 aliphatic rings. The summed E-state index contributed by atoms with van der Waals surface area (Å²) in [6.07, 6.45) is 0. The molecule has 1 atom stereocenters. The number of nitrogens with one attached hydrogen (secondary N) is 1. The SMILES string of the molecule is C[C@H](SC(c1ccccc1)c1ccccc1)C(=O)NC(C)(C)C. The van der Waals surface area contributed by atoms with E-state index in [1.807, 2.05) is 64.1 Å². The molecule has 23 heavy (non-hydrogen) atoms. The molecule has 122 valence electrons. The van der Waals surface area contributed by atoms with Crippen LogP contribution in [0.4, 0.5) is 0 Å². The average Bonchev–Trinajstić information content (AvgIpc) is 2.52. The molecule has 1 N–H and O–H groups in total. The third-order valence-electron chi connectivity index (χ3n) is 3.41. The van der Waals surface area contributed by atoms with E-state index >= 15 is 0 Å². The Morgan fingerprint density at radius 1 is 0.913 bits per heavy atom. The summed E-state index contributed by atoms with van der Waals surface area (Å²) in [7, 11) is 0. The zero-order chi connectivity index (χ0) is 16.9. The van der Waals surface area contributed by atoms with Crippen LogP contribution in [0.5, 0.6) is 0 Å². The van der Waals surface area contributed by atoms with Gasteiger partial charge < -0.3 is 5.32 Å². The summed E-state index contributed by atoms with van der Waals surface area (Å²) in [5, 5.41) is 3.09. The van der Waals surface area contributed by atoms with Gasteiger partial charge in [-0.3, -0.25) is 4.79 Å². The maximum atomic E-state index is 12.4. The van der Waals surface area contributed by atoms with Crippen molar-refractivity contribution in [1.29, 1.82) is 0 Å². The molecule has 0 aliphatic carbocycles. The largest absolute Gasteiger partial charge is 0.351 e. The second kappa shape index (κ2) is 7.69. The Hall–Kier alpha value is -1.74. The van der Waals surface area contributed by atoms with Crippen molar-refractivity contribution in [3.8, 4) is 0 Å². The predicted octanol–water partition coefficient (Wildman–Crippen LogP) is 4.81. The minimum atomic E-state index is -0.207. The second-order valence-corrected chi connectivity index (χ2v) is 8.17. The van der Waals surface area contributed by atoms with Gasteiger partial charge in [0.2, 0.25) is 5.91 Å². The van der Waals surface area contributed by atoms with Crippen molar-refractivity contribution in [3.05, 3.63) is 71.8 Å². The highest BCUT2D eigenvalue weighted by Gasteiger charge is 2.24. The van der Waals surface area contributed by atoms with Crippen LogP contribution in [0.25, 0.3) is 0 Å². The normalized spacial score (nSPS) is 12.9. The van der Waals surface area contributed by atoms with Crippen molar-refractivity contribution >= 4 is 17.7 Å². The highest BCUT2D eigenvalue weighted by atomic mass is 32.2. The molecular formula is C20H25NOS. The van der Waals surface area contributed by atoms with Crippen LogP contribution in [-0.4, -0.2) is 16.7 Å². The van der Waals surface area contributed by atoms with Crippen molar-refractivity contribution in [3.63, 3.8) is 0 Å². The molecule has 0 bridgehead atoms. The maximum absolute atomic E-state index is 12.4. The molecule has 2 rings (SSSR count). The Morgan fingerprint density at radius 2 is 1.35 bits per heavy atom. The first-order chi connectivity index (χ1) is 10.9. The monoisotopic (exact) mass is 327 g/mol. The molecule has 3 heteroatoms. The molecule has 2 nitrogen and oxygen atoms in total. The van der Waals surface area contributed by atoms with E-state index in [0.717, 1.165) is 0 Å². The molecule has 2 aromatic rings. The van der Waals surface area contributed by atoms with Crippen LogP contribution in [0.3, 0.4) is 0 Å². The molecule has 2 aromatic carbocycles. The Labute approximate surface area is 143 Å². The summed E-state index contributed by atoms with van der Waals surface area (Å²) in [5.41, 5.74) is 2.24. The lowest BCUT2D eigenvalue weighted by Gasteiger charge is -2.26. The zero-order valence-electron chi connectivity index (χ0n) is 14.2. The van der Waals surface area contributed by atoms with E-state index in [4.69, 9.17) is 0 Å². The number of hydrogen-bond acceptors (Lipinski definition) is 2. The maximum Gasteiger partial charge on any atom is 0.233 e. The first kappa shape index (κ1) is 17.6. The summed E-state index contributed by atoms with van der Waals surface area (Å²) in [6.45, 7) is 8.00. The first-order valence-electron chi connectivity index (χ1n) is 7.94. The highest BCUT2D eigenvalue weighted by molar-refractivity contribution is 8.01. The van der Waals surface area contributed by atoms with Gasteiger partial charge in [0, 0.05) is 5.54 Å². The molecule has 0 spiro atoms. The first-order valence-corrected chi connectivity index (χ1v) is 8.88. The minimum absolute atomic E-state index is 0.0827. The minimum Gasteiger partial charge on any atom is -0.351 e. The van der Waals surface area contributed by atoms with Gasteiger partial charge in [-0.1, -0.05) is 60.7 Å². The molecule has 0 radical (unpaired) electrons. The summed E-state index contributed by atoms with van der Waals surface area (Å²) >= 11 is 1.69. The van der Waals surface area contributed by atoms with E-state index in [0.29, 0.717) is 0 Å². The van der Waals surface area contributed by atoms with Crippen molar-refractivity contribution in [1.82, 2.24) is 5.32 Å². The lowest BCUT2D eigenvalue weighted by molar-refractivity contribution is -0.121. The molecule has 1 amide bonds. The Bertz CT molecular complexity index is 580. The standard InChI is InChI=1S/C20H25NOS/c1-15(19(22)21-20(2,3)4)23-18(16-11-7-5-8-12-16)17-13-9-6-10-14-17/h5-15,18H,1-4H3,(H,21,22)/t15-/m0/s1. The van der Waals surface area contributed by atoms with Crippen molar-refractivity contribution < 1.29 is 4.79 Å². The smallest absolute Gasteiger partial charge is 0.233 e. The molecule has 0 fully saturated rings. The molecular weight excluding hydrogens is 302 g/mol. The molecule has 0 heterocycles. The number of amides is 1. The lowest BCUT2D eigenvalue weighted by Crippen LogP contribution is -2.44. The van der Waals surface area contributed by atoms with Gasteiger partial charge in [-0.25, -0.2) is 0 Å². The molecule has 0 aliphatic heterocycles. The van der Waals surface area contributed by atoms with Crippen molar-refractivity contribution in [2.75, 3.05) is 0 Å². The summed E-state index contributed by atoms with van der Waals surface area (Å²) < 4.78 is 0. The Balaban J connectivity index is 2.21. The number of benzene rings is 2. The van der Waals surface area contributed by atoms with Crippen LogP contribution in [0.15, 0.2) is 60.7 Å². The van der Waals surface area contributed by atoms with Crippen molar-refractivity contribution in [2.24, 2.45) is 0 Å². The summed E-state index contributed by atoms with van der Waals surface area (Å²) in [4.78, 5) is 12.4. The second-order valence-electron chi connectivity index (χ2n) is 6.72. The fraction of sp³-hybridized carbons (Fsp3) is 0.350. The van der Waals surface area contributed by atoms with Crippen LogP contribution in [0, 0.1) is 0 Å². The van der Waals surface area contributed by atoms with Crippen LogP contribution < -0.4 is 5.32 Å². The molecule has 0 unspecified atom stereocenters. The third-order valence-corrected chi connectivity index (χ3v) is 4.85. The van der Waals surface area contributed by atoms with Crippen LogP contribution in [-0.2, 0) is 4.79 Å². The van der Waals surface area contributed by atoms with Crippen LogP contribution in [0.1, 0.15) is 44.1 Å². The fourth-order valence-electron chi connectivity index (χ4n) is 2.34. The zero-order valence-corrected chi connectivity index (χ0v) is 15.1. The highest BCUT2D eigenvalue weighted by Crippen LogP contribution is 2.38. The Morgan fingerprint density at radius 3 is 1.74 bits per heavy atom. The van der Waals surface area contributed by atoms with E-state index in [1.54, 1.807) is 11.8 Å². The van der Waals surface area contributed by atoms with Crippen molar-refractivity contribution in [2.45, 2.75) is 43.7 Å². The number of thioether (sulfide) groups is 1. The van der Waals surface area contributed by atoms with E-state index in [2.05, 4.69) is 29.6 Å². The number of carbonyl (C=O) groups excluding carboxylic acids is 1. The topological polar surface area (TPSA) is 29.1 Å². The van der Waals surface area contributed by atoms with E-state index in [-0.39, 0.29) is 21.9 Å². The van der Waals surface area contributed by atoms with Gasteiger partial charge in [-0.15, -0.1) is 11.8 Å². The average molecular weight is 327 g/mol. The van der Waals surface area contributed by atoms with E-state index in [9.17, 15) is 4.79 Å². The molecule has 0 saturated heterocycles. The van der Waals surface area contributed by atoms with Gasteiger partial charge in [0.1, 0.15) is 0 Å². The van der Waals surface area contributed by atoms with E-state index < -0.39 is 0 Å². The lowest BCUT2D eigenvalue weighted by atomic mass is 10.0. The summed E-state index contributed by atoms with van der Waals surface area (Å²) in [5.74, 6) is 0.0827. The third kappa shape index (κ3) is 5.43. The van der Waals surface area contributed by atoms with Gasteiger partial charge in [0.25, 0.3) is 0 Å². The number of rotatable bonds is 5. The molecule has 0 saturated carbocycles. The quantitative estimate of drug-likeness (QED) is 0.853. The fourth-order valence-corrected chi connectivity index (χ4v) is 3.56. The van der Waals surface area contributed by atoms with Gasteiger partial charge in [-0.2, -0.15) is 0 Å². The Kier molecular flexibility index (Phi) is 5.89. The van der Waals surface area contributed by atoms with Gasteiger partial charge in [-0.05, 0) is 38.8 Å². The van der Waals surface area contributed by atoms with Gasteiger partial charge >= 0.3 is 0 Å². The number of hydrogen-bond donors (Lipinski definition) is 1. The number of carbonyl (C=O) groups is 1. The predicted molar refractivity (Wildman–Crippen MR) is 99.7 cm³/mol. The van der Waals surface area contributed by atoms with Crippen LogP contribution >= 0.6 is 11.8 Å².